The number of pyridine rings is 1. The van der Waals surface area contributed by atoms with Crippen molar-refractivity contribution in [2.75, 3.05) is 24.6 Å². The first-order valence-electron chi connectivity index (χ1n) is 6.53. The van der Waals surface area contributed by atoms with E-state index in [1.165, 1.54) is 4.57 Å². The van der Waals surface area contributed by atoms with Gasteiger partial charge in [0, 0.05) is 38.3 Å². The molecule has 0 unspecified atom stereocenters. The summed E-state index contributed by atoms with van der Waals surface area (Å²) in [6, 6.07) is 5.32. The van der Waals surface area contributed by atoms with Crippen LogP contribution in [0.3, 0.4) is 0 Å². The Morgan fingerprint density at radius 1 is 1.45 bits per heavy atom. The van der Waals surface area contributed by atoms with Crippen molar-refractivity contribution in [3.05, 3.63) is 47.3 Å². The van der Waals surface area contributed by atoms with E-state index in [4.69, 9.17) is 4.74 Å². The lowest BCUT2D eigenvalue weighted by Crippen LogP contribution is -2.50. The number of hydrogen-bond acceptors (Lipinski definition) is 5. The lowest BCUT2D eigenvalue weighted by atomic mass is 10.0. The van der Waals surface area contributed by atoms with Gasteiger partial charge in [-0.15, -0.1) is 0 Å². The minimum atomic E-state index is -0.0370. The van der Waals surface area contributed by atoms with E-state index in [9.17, 15) is 4.79 Å². The molecule has 20 heavy (non-hydrogen) atoms. The Morgan fingerprint density at radius 2 is 2.30 bits per heavy atom. The largest absolute Gasteiger partial charge is 0.492 e. The van der Waals surface area contributed by atoms with E-state index in [1.807, 2.05) is 12.1 Å². The van der Waals surface area contributed by atoms with Crippen LogP contribution in [0, 0.1) is 5.92 Å². The summed E-state index contributed by atoms with van der Waals surface area (Å²) in [6.45, 7) is 2.38. The van der Waals surface area contributed by atoms with Crippen LogP contribution in [0.4, 0.5) is 5.82 Å². The van der Waals surface area contributed by atoms with Gasteiger partial charge in [-0.05, 0) is 12.1 Å². The van der Waals surface area contributed by atoms with Crippen molar-refractivity contribution < 1.29 is 4.74 Å². The summed E-state index contributed by atoms with van der Waals surface area (Å²) in [6.07, 6.45) is 4.98. The Labute approximate surface area is 116 Å². The van der Waals surface area contributed by atoms with Crippen LogP contribution in [0.2, 0.25) is 0 Å². The molecule has 0 bridgehead atoms. The molecule has 104 valence electrons. The molecular formula is C14H16N4O2. The van der Waals surface area contributed by atoms with Crippen LogP contribution >= 0.6 is 0 Å². The highest BCUT2D eigenvalue weighted by Gasteiger charge is 2.28. The van der Waals surface area contributed by atoms with E-state index >= 15 is 0 Å². The Kier molecular flexibility index (Phi) is 3.37. The van der Waals surface area contributed by atoms with Crippen LogP contribution in [-0.2, 0) is 7.05 Å². The maximum absolute atomic E-state index is 11.5. The first-order valence-corrected chi connectivity index (χ1v) is 6.53. The van der Waals surface area contributed by atoms with Gasteiger partial charge < -0.3 is 14.2 Å². The summed E-state index contributed by atoms with van der Waals surface area (Å²) in [5, 5.41) is 0. The number of hydrogen-bond donors (Lipinski definition) is 0. The van der Waals surface area contributed by atoms with Crippen LogP contribution in [0.1, 0.15) is 0 Å². The third-order valence-electron chi connectivity index (χ3n) is 3.36. The first-order chi connectivity index (χ1) is 9.72. The van der Waals surface area contributed by atoms with Gasteiger partial charge in [-0.1, -0.05) is 0 Å². The average Bonchev–Trinajstić information content (AvgIpc) is 2.42. The van der Waals surface area contributed by atoms with Crippen molar-refractivity contribution >= 4 is 5.82 Å². The molecule has 0 spiro atoms. The Balaban J connectivity index is 1.51. The van der Waals surface area contributed by atoms with E-state index in [2.05, 4.69) is 14.9 Å². The summed E-state index contributed by atoms with van der Waals surface area (Å²) in [7, 11) is 1.69. The zero-order chi connectivity index (χ0) is 13.9. The molecule has 1 aliphatic rings. The highest BCUT2D eigenvalue weighted by molar-refractivity contribution is 5.40. The molecule has 1 aliphatic heterocycles. The van der Waals surface area contributed by atoms with Crippen molar-refractivity contribution in [1.82, 2.24) is 14.5 Å². The Bertz CT molecular complexity index is 635. The summed E-state index contributed by atoms with van der Waals surface area (Å²) in [4.78, 5) is 21.9. The van der Waals surface area contributed by atoms with Gasteiger partial charge >= 0.3 is 0 Å². The minimum absolute atomic E-state index is 0.0370. The molecule has 3 rings (SSSR count). The van der Waals surface area contributed by atoms with E-state index in [0.29, 0.717) is 12.5 Å². The fraction of sp³-hybridized carbons (Fsp3) is 0.357. The van der Waals surface area contributed by atoms with Gasteiger partial charge in [-0.25, -0.2) is 4.98 Å². The second-order valence-corrected chi connectivity index (χ2v) is 4.97. The number of aryl methyl sites for hydroxylation is 1. The highest BCUT2D eigenvalue weighted by Crippen LogP contribution is 2.22. The second kappa shape index (κ2) is 5.32. The molecule has 3 heterocycles. The molecule has 1 saturated heterocycles. The number of anilines is 1. The van der Waals surface area contributed by atoms with Crippen molar-refractivity contribution in [3.8, 4) is 5.75 Å². The Morgan fingerprint density at radius 3 is 3.00 bits per heavy atom. The monoisotopic (exact) mass is 272 g/mol. The van der Waals surface area contributed by atoms with Gasteiger partial charge in [0.05, 0.1) is 19.1 Å². The lowest BCUT2D eigenvalue weighted by molar-refractivity contribution is 0.219. The zero-order valence-electron chi connectivity index (χ0n) is 11.3. The number of aromatic nitrogens is 3. The van der Waals surface area contributed by atoms with Crippen LogP contribution in [0.15, 0.2) is 41.7 Å². The number of rotatable bonds is 4. The SMILES string of the molecule is Cn1cnc(N2CC(COc3cccnc3)C2)cc1=O. The van der Waals surface area contributed by atoms with Gasteiger partial charge in [0.15, 0.2) is 0 Å². The van der Waals surface area contributed by atoms with E-state index in [0.717, 1.165) is 24.7 Å². The maximum Gasteiger partial charge on any atom is 0.255 e. The second-order valence-electron chi connectivity index (χ2n) is 4.97. The predicted molar refractivity (Wildman–Crippen MR) is 74.9 cm³/mol. The van der Waals surface area contributed by atoms with Crippen LogP contribution in [-0.4, -0.2) is 34.2 Å². The molecule has 1 fully saturated rings. The molecule has 2 aromatic rings. The normalized spacial score (nSPS) is 14.9. The standard InChI is InChI=1S/C14H16N4O2/c1-17-10-16-13(5-14(17)19)18-7-11(8-18)9-20-12-3-2-4-15-6-12/h2-6,10-11H,7-9H2,1H3. The van der Waals surface area contributed by atoms with Crippen LogP contribution in [0.25, 0.3) is 0 Å². The average molecular weight is 272 g/mol. The number of ether oxygens (including phenoxy) is 1. The third-order valence-corrected chi connectivity index (χ3v) is 3.36. The molecule has 6 nitrogen and oxygen atoms in total. The summed E-state index contributed by atoms with van der Waals surface area (Å²) in [5.41, 5.74) is -0.0370. The molecule has 2 aromatic heterocycles. The summed E-state index contributed by atoms with van der Waals surface area (Å²) >= 11 is 0. The quantitative estimate of drug-likeness (QED) is 0.819. The molecule has 0 aromatic carbocycles. The van der Waals surface area contributed by atoms with Crippen molar-refractivity contribution in [2.24, 2.45) is 13.0 Å². The molecule has 0 atom stereocenters. The van der Waals surface area contributed by atoms with Gasteiger partial charge in [0.2, 0.25) is 0 Å². The topological polar surface area (TPSA) is 60.3 Å². The van der Waals surface area contributed by atoms with Gasteiger partial charge in [0.1, 0.15) is 11.6 Å². The minimum Gasteiger partial charge on any atom is -0.492 e. The zero-order valence-corrected chi connectivity index (χ0v) is 11.3. The molecular weight excluding hydrogens is 256 g/mol. The third kappa shape index (κ3) is 2.64. The number of nitrogens with zero attached hydrogens (tertiary/aromatic N) is 4. The Hall–Kier alpha value is -2.37. The van der Waals surface area contributed by atoms with E-state index in [-0.39, 0.29) is 5.56 Å². The molecule has 0 aliphatic carbocycles. The van der Waals surface area contributed by atoms with Crippen molar-refractivity contribution in [3.63, 3.8) is 0 Å². The van der Waals surface area contributed by atoms with Crippen LogP contribution < -0.4 is 15.2 Å². The van der Waals surface area contributed by atoms with Gasteiger partial charge in [-0.3, -0.25) is 9.78 Å². The lowest BCUT2D eigenvalue weighted by Gasteiger charge is -2.39. The first kappa shape index (κ1) is 12.7. The molecule has 0 saturated carbocycles. The summed E-state index contributed by atoms with van der Waals surface area (Å²) < 4.78 is 7.13. The van der Waals surface area contributed by atoms with Gasteiger partial charge in [-0.2, -0.15) is 0 Å². The van der Waals surface area contributed by atoms with Gasteiger partial charge in [0.25, 0.3) is 5.56 Å². The molecule has 0 N–H and O–H groups in total. The van der Waals surface area contributed by atoms with Crippen molar-refractivity contribution in [2.45, 2.75) is 0 Å². The fourth-order valence-corrected chi connectivity index (χ4v) is 2.13. The van der Waals surface area contributed by atoms with Crippen molar-refractivity contribution in [1.29, 1.82) is 0 Å². The van der Waals surface area contributed by atoms with Crippen LogP contribution in [0.5, 0.6) is 5.75 Å². The highest BCUT2D eigenvalue weighted by atomic mass is 16.5. The fourth-order valence-electron chi connectivity index (χ4n) is 2.13. The molecule has 6 heteroatoms. The molecule has 0 amide bonds. The van der Waals surface area contributed by atoms with E-state index < -0.39 is 0 Å². The maximum atomic E-state index is 11.5. The van der Waals surface area contributed by atoms with E-state index in [1.54, 1.807) is 31.8 Å². The molecule has 0 radical (unpaired) electrons. The predicted octanol–water partition coefficient (Wildman–Crippen LogP) is 0.690. The summed E-state index contributed by atoms with van der Waals surface area (Å²) in [5.74, 6) is 1.99. The smallest absolute Gasteiger partial charge is 0.255 e.